The van der Waals surface area contributed by atoms with Crippen LogP contribution in [0.5, 0.6) is 0 Å². The largest absolute Gasteiger partial charge is 0.445 e. The van der Waals surface area contributed by atoms with Crippen LogP contribution in [0.15, 0.2) is 60.7 Å². The monoisotopic (exact) mass is 464 g/mol. The van der Waals surface area contributed by atoms with Crippen LogP contribution in [0.4, 0.5) is 4.79 Å². The Morgan fingerprint density at radius 1 is 1.03 bits per heavy atom. The van der Waals surface area contributed by atoms with Crippen molar-refractivity contribution in [2.24, 2.45) is 11.8 Å². The first-order valence-corrected chi connectivity index (χ1v) is 12.0. The number of amides is 2. The highest BCUT2D eigenvalue weighted by Crippen LogP contribution is 2.38. The number of likely N-dealkylation sites (tertiary alicyclic amines) is 1. The average molecular weight is 465 g/mol. The van der Waals surface area contributed by atoms with Gasteiger partial charge >= 0.3 is 6.09 Å². The fraction of sp³-hybridized carbons (Fsp3) is 0.444. The number of rotatable bonds is 8. The van der Waals surface area contributed by atoms with Crippen LogP contribution in [0.1, 0.15) is 37.3 Å². The molecule has 34 heavy (non-hydrogen) atoms. The van der Waals surface area contributed by atoms with Gasteiger partial charge in [-0.15, -0.1) is 0 Å². The minimum absolute atomic E-state index is 0.0113. The summed E-state index contributed by atoms with van der Waals surface area (Å²) in [7, 11) is 0. The minimum atomic E-state index is -0.772. The molecule has 2 aliphatic rings. The van der Waals surface area contributed by atoms with Crippen LogP contribution in [0, 0.1) is 11.8 Å². The summed E-state index contributed by atoms with van der Waals surface area (Å²) < 4.78 is 5.58. The van der Waals surface area contributed by atoms with Crippen molar-refractivity contribution in [2.45, 2.75) is 51.5 Å². The fourth-order valence-corrected chi connectivity index (χ4v) is 5.13. The van der Waals surface area contributed by atoms with Crippen molar-refractivity contribution in [1.29, 1.82) is 0 Å². The molecule has 1 saturated heterocycles. The number of ketones is 1. The molecule has 1 saturated carbocycles. The maximum absolute atomic E-state index is 13.2. The molecular weight excluding hydrogens is 432 g/mol. The van der Waals surface area contributed by atoms with Crippen LogP contribution < -0.4 is 0 Å². The second-order valence-corrected chi connectivity index (χ2v) is 9.20. The normalized spacial score (nSPS) is 24.1. The van der Waals surface area contributed by atoms with E-state index < -0.39 is 30.1 Å². The number of fused-ring (bicyclic) bond motifs is 2. The smallest absolute Gasteiger partial charge is 0.410 e. The van der Waals surface area contributed by atoms with Gasteiger partial charge in [-0.25, -0.2) is 4.79 Å². The second-order valence-electron chi connectivity index (χ2n) is 9.20. The zero-order valence-electron chi connectivity index (χ0n) is 19.5. The summed E-state index contributed by atoms with van der Waals surface area (Å²) in [6, 6.07) is 18.5. The number of hydrogen-bond donors (Lipinski definition) is 1. The summed E-state index contributed by atoms with van der Waals surface area (Å²) in [4.78, 5) is 42.2. The van der Waals surface area contributed by atoms with Crippen LogP contribution >= 0.6 is 0 Å². The molecule has 0 spiro atoms. The van der Waals surface area contributed by atoms with E-state index in [0.717, 1.165) is 17.5 Å². The molecule has 4 rings (SSSR count). The highest BCUT2D eigenvalue weighted by Gasteiger charge is 2.51. The predicted octanol–water partition coefficient (Wildman–Crippen LogP) is 3.40. The van der Waals surface area contributed by atoms with E-state index in [-0.39, 0.29) is 44.2 Å². The minimum Gasteiger partial charge on any atom is -0.445 e. The number of nitrogens with zero attached hydrogens (tertiary/aromatic N) is 2. The number of aliphatic hydroxyl groups is 1. The lowest BCUT2D eigenvalue weighted by Crippen LogP contribution is -2.63. The van der Waals surface area contributed by atoms with Crippen LogP contribution in [0.2, 0.25) is 0 Å². The van der Waals surface area contributed by atoms with Gasteiger partial charge in [0.25, 0.3) is 0 Å². The molecule has 0 unspecified atom stereocenters. The van der Waals surface area contributed by atoms with E-state index in [1.165, 1.54) is 4.90 Å². The molecule has 2 aromatic carbocycles. The summed E-state index contributed by atoms with van der Waals surface area (Å²) in [5.41, 5.74) is 1.78. The maximum atomic E-state index is 13.2. The second kappa shape index (κ2) is 10.8. The van der Waals surface area contributed by atoms with Gasteiger partial charge in [0.15, 0.2) is 0 Å². The Morgan fingerprint density at radius 3 is 2.32 bits per heavy atom. The van der Waals surface area contributed by atoms with Gasteiger partial charge < -0.3 is 19.6 Å². The molecular formula is C27H32N2O5. The van der Waals surface area contributed by atoms with E-state index in [0.29, 0.717) is 6.54 Å². The van der Waals surface area contributed by atoms with Crippen molar-refractivity contribution in [1.82, 2.24) is 9.80 Å². The lowest BCUT2D eigenvalue weighted by Gasteiger charge is -2.49. The number of Topliss-reactive ketones (excluding diaryl/α,β-unsaturated/α-hetero) is 1. The summed E-state index contributed by atoms with van der Waals surface area (Å²) in [5.74, 6) is -1.14. The molecule has 1 aliphatic carbocycles. The van der Waals surface area contributed by atoms with Gasteiger partial charge in [0.05, 0.1) is 12.1 Å². The summed E-state index contributed by atoms with van der Waals surface area (Å²) in [6.07, 6.45) is -0.286. The molecule has 1 heterocycles. The number of benzene rings is 2. The van der Waals surface area contributed by atoms with Gasteiger partial charge in [0.1, 0.15) is 12.4 Å². The van der Waals surface area contributed by atoms with E-state index in [4.69, 9.17) is 4.74 Å². The zero-order valence-corrected chi connectivity index (χ0v) is 19.5. The van der Waals surface area contributed by atoms with Gasteiger partial charge in [0.2, 0.25) is 5.91 Å². The van der Waals surface area contributed by atoms with Crippen LogP contribution in [-0.4, -0.2) is 57.9 Å². The van der Waals surface area contributed by atoms with Gasteiger partial charge in [0, 0.05) is 44.3 Å². The van der Waals surface area contributed by atoms with Crippen LogP contribution in [0.25, 0.3) is 0 Å². The van der Waals surface area contributed by atoms with E-state index in [1.807, 2.05) is 67.6 Å². The van der Waals surface area contributed by atoms with Gasteiger partial charge in [-0.05, 0) is 17.5 Å². The van der Waals surface area contributed by atoms with E-state index in [1.54, 1.807) is 4.90 Å². The Morgan fingerprint density at radius 2 is 1.68 bits per heavy atom. The number of hydrogen-bond acceptors (Lipinski definition) is 5. The Labute approximate surface area is 200 Å². The fourth-order valence-electron chi connectivity index (χ4n) is 5.13. The molecule has 2 aromatic rings. The van der Waals surface area contributed by atoms with Crippen LogP contribution in [-0.2, 0) is 27.5 Å². The third kappa shape index (κ3) is 5.30. The standard InChI is InChI=1S/C27H32N2O5/c1-2-13-29-23-15-24(30)22(21(26(23)32)14-25(29)31)17-28(16-19-9-5-3-6-10-19)27(33)34-18-20-11-7-4-8-12-20/h3-12,21-23,26,32H,2,13-18H2,1H3/t21-,22+,23+,26-/m1/s1. The van der Waals surface area contributed by atoms with E-state index in [2.05, 4.69) is 0 Å². The third-order valence-corrected chi connectivity index (χ3v) is 6.87. The summed E-state index contributed by atoms with van der Waals surface area (Å²) in [6.45, 7) is 3.03. The Kier molecular flexibility index (Phi) is 7.63. The first kappa shape index (κ1) is 24.0. The SMILES string of the molecule is CCCN1C(=O)C[C@H]2[C@@H](O)[C@@H]1CC(=O)[C@H]2CN(Cc1ccccc1)C(=O)OCc1ccccc1. The number of ether oxygens (including phenoxy) is 1. The van der Waals surface area contributed by atoms with Gasteiger partial charge in [-0.1, -0.05) is 67.6 Å². The first-order chi connectivity index (χ1) is 16.5. The van der Waals surface area contributed by atoms with Crippen molar-refractivity contribution < 1.29 is 24.2 Å². The quantitative estimate of drug-likeness (QED) is 0.647. The molecule has 0 radical (unpaired) electrons. The molecule has 2 amide bonds. The molecule has 1 N–H and O–H groups in total. The zero-order chi connectivity index (χ0) is 24.1. The molecule has 180 valence electrons. The topological polar surface area (TPSA) is 87.2 Å². The van der Waals surface area contributed by atoms with E-state index in [9.17, 15) is 19.5 Å². The summed E-state index contributed by atoms with van der Waals surface area (Å²) in [5, 5.41) is 11.0. The Balaban J connectivity index is 1.51. The third-order valence-electron chi connectivity index (χ3n) is 6.87. The van der Waals surface area contributed by atoms with Gasteiger partial charge in [-0.2, -0.15) is 0 Å². The molecule has 2 fully saturated rings. The lowest BCUT2D eigenvalue weighted by molar-refractivity contribution is -0.161. The van der Waals surface area contributed by atoms with Crippen LogP contribution in [0.3, 0.4) is 0 Å². The number of carbonyl (C=O) groups is 3. The summed E-state index contributed by atoms with van der Waals surface area (Å²) >= 11 is 0. The lowest BCUT2D eigenvalue weighted by atomic mass is 9.69. The molecule has 0 aromatic heterocycles. The Hall–Kier alpha value is -3.19. The van der Waals surface area contributed by atoms with Crippen molar-refractivity contribution in [2.75, 3.05) is 13.1 Å². The highest BCUT2D eigenvalue weighted by molar-refractivity contribution is 5.88. The molecule has 7 heteroatoms. The molecule has 2 bridgehead atoms. The number of aliphatic hydroxyl groups excluding tert-OH is 1. The van der Waals surface area contributed by atoms with Crippen molar-refractivity contribution >= 4 is 17.8 Å². The molecule has 4 atom stereocenters. The Bertz CT molecular complexity index is 997. The van der Waals surface area contributed by atoms with Crippen molar-refractivity contribution in [3.05, 3.63) is 71.8 Å². The maximum Gasteiger partial charge on any atom is 0.410 e. The van der Waals surface area contributed by atoms with E-state index >= 15 is 0 Å². The molecule has 1 aliphatic heterocycles. The van der Waals surface area contributed by atoms with Gasteiger partial charge in [-0.3, -0.25) is 9.59 Å². The molecule has 7 nitrogen and oxygen atoms in total. The highest BCUT2D eigenvalue weighted by atomic mass is 16.6. The number of piperidine rings is 1. The van der Waals surface area contributed by atoms with Crippen molar-refractivity contribution in [3.8, 4) is 0 Å². The number of carbonyl (C=O) groups excluding carboxylic acids is 3. The predicted molar refractivity (Wildman–Crippen MR) is 126 cm³/mol. The van der Waals surface area contributed by atoms with Crippen molar-refractivity contribution in [3.63, 3.8) is 0 Å². The average Bonchev–Trinajstić information content (AvgIpc) is 2.85. The first-order valence-electron chi connectivity index (χ1n) is 12.0.